The van der Waals surface area contributed by atoms with E-state index in [9.17, 15) is 9.59 Å². The molecule has 1 saturated heterocycles. The highest BCUT2D eigenvalue weighted by molar-refractivity contribution is 7.08. The molecule has 1 aromatic carbocycles. The molecular weight excluding hydrogens is 310 g/mol. The molecule has 4 rings (SSSR count). The first-order valence-corrected chi connectivity index (χ1v) is 8.80. The lowest BCUT2D eigenvalue weighted by Crippen LogP contribution is -2.31. The van der Waals surface area contributed by atoms with Gasteiger partial charge in [-0.1, -0.05) is 18.2 Å². The zero-order chi connectivity index (χ0) is 15.8. The fraction of sp³-hybridized carbons (Fsp3) is 0.333. The van der Waals surface area contributed by atoms with E-state index in [0.717, 1.165) is 24.9 Å². The maximum Gasteiger partial charge on any atom is 0.339 e. The maximum absolute atomic E-state index is 12.8. The third kappa shape index (κ3) is 2.55. The van der Waals surface area contributed by atoms with E-state index >= 15 is 0 Å². The Bertz CT molecular complexity index is 740. The van der Waals surface area contributed by atoms with Crippen LogP contribution in [0.1, 0.15) is 52.9 Å². The summed E-state index contributed by atoms with van der Waals surface area (Å²) in [4.78, 5) is 26.6. The van der Waals surface area contributed by atoms with Gasteiger partial charge in [0.05, 0.1) is 18.0 Å². The topological polar surface area (TPSA) is 46.6 Å². The average Bonchev–Trinajstić information content (AvgIpc) is 3.28. The number of carbonyl (C=O) groups excluding carboxylic acids is 2. The largest absolute Gasteiger partial charge is 0.453 e. The molecule has 2 unspecified atom stereocenters. The average molecular weight is 327 g/mol. The van der Waals surface area contributed by atoms with Crippen LogP contribution in [0.25, 0.3) is 0 Å². The minimum Gasteiger partial charge on any atom is -0.453 e. The fourth-order valence-electron chi connectivity index (χ4n) is 3.52. The lowest BCUT2D eigenvalue weighted by molar-refractivity contribution is -0.134. The van der Waals surface area contributed by atoms with Crippen LogP contribution in [0.3, 0.4) is 0 Å². The third-order valence-electron chi connectivity index (χ3n) is 4.64. The smallest absolute Gasteiger partial charge is 0.339 e. The van der Waals surface area contributed by atoms with Crippen molar-refractivity contribution in [2.24, 2.45) is 0 Å². The van der Waals surface area contributed by atoms with Crippen molar-refractivity contribution in [3.05, 3.63) is 57.8 Å². The van der Waals surface area contributed by atoms with Gasteiger partial charge in [-0.05, 0) is 41.3 Å². The fourth-order valence-corrected chi connectivity index (χ4v) is 4.23. The Labute approximate surface area is 138 Å². The van der Waals surface area contributed by atoms with E-state index in [0.29, 0.717) is 5.56 Å². The molecule has 2 aliphatic rings. The first-order valence-electron chi connectivity index (χ1n) is 7.85. The van der Waals surface area contributed by atoms with Gasteiger partial charge in [-0.2, -0.15) is 11.3 Å². The van der Waals surface area contributed by atoms with Gasteiger partial charge in [0, 0.05) is 12.1 Å². The van der Waals surface area contributed by atoms with Crippen LogP contribution in [-0.2, 0) is 9.53 Å². The zero-order valence-corrected chi connectivity index (χ0v) is 13.4. The van der Waals surface area contributed by atoms with Gasteiger partial charge in [-0.25, -0.2) is 4.79 Å². The van der Waals surface area contributed by atoms with Gasteiger partial charge in [0.15, 0.2) is 0 Å². The number of fused-ring (bicyclic) bond motifs is 1. The van der Waals surface area contributed by atoms with E-state index in [1.54, 1.807) is 17.4 Å². The van der Waals surface area contributed by atoms with Gasteiger partial charge in [0.2, 0.25) is 5.91 Å². The lowest BCUT2D eigenvalue weighted by atomic mass is 10.0. The van der Waals surface area contributed by atoms with Crippen molar-refractivity contribution in [2.75, 3.05) is 6.54 Å². The highest BCUT2D eigenvalue weighted by Gasteiger charge is 2.36. The normalized spacial score (nSPS) is 23.0. The van der Waals surface area contributed by atoms with Crippen LogP contribution >= 0.6 is 11.3 Å². The Hall–Kier alpha value is -2.14. The van der Waals surface area contributed by atoms with Crippen LogP contribution in [0.2, 0.25) is 0 Å². The first kappa shape index (κ1) is 14.5. The summed E-state index contributed by atoms with van der Waals surface area (Å²) in [6.07, 6.45) is 1.80. The molecule has 118 valence electrons. The standard InChI is InChI=1S/C18H17NO3S/c20-17(19-8-3-6-15(19)12-7-9-23-11-12)10-16-13-4-1-2-5-14(13)18(21)22-16/h1-2,4-5,7,9,11,15-16H,3,6,8,10H2. The molecule has 0 spiro atoms. The minimum absolute atomic E-state index is 0.0632. The molecule has 3 heterocycles. The summed E-state index contributed by atoms with van der Waals surface area (Å²) < 4.78 is 5.40. The summed E-state index contributed by atoms with van der Waals surface area (Å²) in [5.41, 5.74) is 2.63. The van der Waals surface area contributed by atoms with Crippen molar-refractivity contribution in [1.82, 2.24) is 4.90 Å². The van der Waals surface area contributed by atoms with Gasteiger partial charge in [0.25, 0.3) is 0 Å². The molecule has 1 aromatic heterocycles. The molecule has 4 nitrogen and oxygen atoms in total. The van der Waals surface area contributed by atoms with Gasteiger partial charge >= 0.3 is 5.97 Å². The molecule has 0 saturated carbocycles. The van der Waals surface area contributed by atoms with E-state index in [-0.39, 0.29) is 24.3 Å². The molecule has 0 N–H and O–H groups in total. The number of rotatable bonds is 3. The van der Waals surface area contributed by atoms with Gasteiger partial charge in [-0.15, -0.1) is 0 Å². The molecule has 2 atom stereocenters. The predicted molar refractivity (Wildman–Crippen MR) is 87.2 cm³/mol. The van der Waals surface area contributed by atoms with E-state index < -0.39 is 6.10 Å². The summed E-state index contributed by atoms with van der Waals surface area (Å²) in [5, 5.41) is 4.16. The Morgan fingerprint density at radius 3 is 3.00 bits per heavy atom. The highest BCUT2D eigenvalue weighted by atomic mass is 32.1. The number of amides is 1. The second-order valence-electron chi connectivity index (χ2n) is 5.99. The number of cyclic esters (lactones) is 1. The molecule has 1 amide bonds. The summed E-state index contributed by atoms with van der Waals surface area (Å²) in [6, 6.07) is 9.58. The van der Waals surface area contributed by atoms with Crippen LogP contribution in [-0.4, -0.2) is 23.3 Å². The van der Waals surface area contributed by atoms with Gasteiger partial charge in [-0.3, -0.25) is 4.79 Å². The van der Waals surface area contributed by atoms with Crippen molar-refractivity contribution in [2.45, 2.75) is 31.4 Å². The Morgan fingerprint density at radius 2 is 2.17 bits per heavy atom. The van der Waals surface area contributed by atoms with Crippen LogP contribution in [0.15, 0.2) is 41.1 Å². The lowest BCUT2D eigenvalue weighted by Gasteiger charge is -2.25. The Morgan fingerprint density at radius 1 is 1.30 bits per heavy atom. The van der Waals surface area contributed by atoms with Crippen molar-refractivity contribution < 1.29 is 14.3 Å². The third-order valence-corrected chi connectivity index (χ3v) is 5.34. The second kappa shape index (κ2) is 5.81. The van der Waals surface area contributed by atoms with Crippen molar-refractivity contribution in [3.8, 4) is 0 Å². The van der Waals surface area contributed by atoms with Crippen molar-refractivity contribution >= 4 is 23.2 Å². The maximum atomic E-state index is 12.8. The number of hydrogen-bond acceptors (Lipinski definition) is 4. The van der Waals surface area contributed by atoms with Crippen molar-refractivity contribution in [3.63, 3.8) is 0 Å². The quantitative estimate of drug-likeness (QED) is 0.807. The number of ether oxygens (including phenoxy) is 1. The Balaban J connectivity index is 1.51. The molecule has 5 heteroatoms. The monoisotopic (exact) mass is 327 g/mol. The molecule has 0 aliphatic carbocycles. The van der Waals surface area contributed by atoms with Crippen LogP contribution < -0.4 is 0 Å². The number of hydrogen-bond donors (Lipinski definition) is 0. The van der Waals surface area contributed by atoms with Crippen LogP contribution in [0.5, 0.6) is 0 Å². The highest BCUT2D eigenvalue weighted by Crippen LogP contribution is 2.37. The summed E-state index contributed by atoms with van der Waals surface area (Å²) in [6.45, 7) is 0.779. The number of benzene rings is 1. The van der Waals surface area contributed by atoms with Crippen LogP contribution in [0, 0.1) is 0 Å². The number of thiophene rings is 1. The Kier molecular flexibility index (Phi) is 3.65. The van der Waals surface area contributed by atoms with Crippen LogP contribution in [0.4, 0.5) is 0 Å². The van der Waals surface area contributed by atoms with E-state index in [2.05, 4.69) is 11.4 Å². The molecule has 23 heavy (non-hydrogen) atoms. The SMILES string of the molecule is O=C1OC(CC(=O)N2CCCC2c2ccsc2)c2ccccc21. The van der Waals surface area contributed by atoms with Gasteiger partial charge in [0.1, 0.15) is 6.10 Å². The van der Waals surface area contributed by atoms with Gasteiger partial charge < -0.3 is 9.64 Å². The van der Waals surface area contributed by atoms with E-state index in [1.165, 1.54) is 5.56 Å². The van der Waals surface area contributed by atoms with Crippen molar-refractivity contribution in [1.29, 1.82) is 0 Å². The summed E-state index contributed by atoms with van der Waals surface area (Å²) in [7, 11) is 0. The van der Waals surface area contributed by atoms with E-state index in [4.69, 9.17) is 4.74 Å². The summed E-state index contributed by atoms with van der Waals surface area (Å²) in [5.74, 6) is -0.262. The number of esters is 1. The zero-order valence-electron chi connectivity index (χ0n) is 12.6. The second-order valence-corrected chi connectivity index (χ2v) is 6.77. The number of nitrogens with zero attached hydrogens (tertiary/aromatic N) is 1. The predicted octanol–water partition coefficient (Wildman–Crippen LogP) is 3.71. The molecule has 1 fully saturated rings. The molecule has 2 aliphatic heterocycles. The number of carbonyl (C=O) groups is 2. The molecular formula is C18H17NO3S. The molecule has 2 aromatic rings. The molecule has 0 radical (unpaired) electrons. The minimum atomic E-state index is -0.449. The van der Waals surface area contributed by atoms with E-state index in [1.807, 2.05) is 28.5 Å². The first-order chi connectivity index (χ1) is 11.2. The summed E-state index contributed by atoms with van der Waals surface area (Å²) >= 11 is 1.66. The number of likely N-dealkylation sites (tertiary alicyclic amines) is 1. The molecule has 0 bridgehead atoms.